The van der Waals surface area contributed by atoms with Crippen LogP contribution in [-0.2, 0) is 6.54 Å². The van der Waals surface area contributed by atoms with Gasteiger partial charge < -0.3 is 23.8 Å². The second kappa shape index (κ2) is 10.2. The number of hydrogen-bond donors (Lipinski definition) is 1. The normalized spacial score (nSPS) is 14.1. The molecule has 0 aromatic heterocycles. The molecule has 1 aliphatic rings. The van der Waals surface area contributed by atoms with E-state index in [9.17, 15) is 4.79 Å². The van der Waals surface area contributed by atoms with E-state index in [1.165, 1.54) is 30.8 Å². The first-order chi connectivity index (χ1) is 14.6. The lowest BCUT2D eigenvalue weighted by atomic mass is 10.0. The molecule has 6 heteroatoms. The summed E-state index contributed by atoms with van der Waals surface area (Å²) in [6.45, 7) is 3.21. The zero-order valence-corrected chi connectivity index (χ0v) is 18.1. The Morgan fingerprint density at radius 3 is 2.10 bits per heavy atom. The quantitative estimate of drug-likeness (QED) is 0.507. The Kier molecular flexibility index (Phi) is 7.36. The first kappa shape index (κ1) is 21.7. The lowest BCUT2D eigenvalue weighted by molar-refractivity contribution is -0.901. The zero-order chi connectivity index (χ0) is 21.5. The fourth-order valence-corrected chi connectivity index (χ4v) is 3.86. The van der Waals surface area contributed by atoms with Crippen molar-refractivity contribution >= 4 is 11.9 Å². The average molecular weight is 413 g/mol. The molecule has 1 heterocycles. The van der Waals surface area contributed by atoms with Crippen LogP contribution in [0.3, 0.4) is 0 Å². The maximum atomic E-state index is 12.8. The van der Waals surface area contributed by atoms with Crippen LogP contribution in [0.15, 0.2) is 36.4 Å². The number of ether oxygens (including phenoxy) is 4. The third-order valence-electron chi connectivity index (χ3n) is 5.43. The number of allylic oxidation sites excluding steroid dienone is 1. The van der Waals surface area contributed by atoms with Crippen LogP contribution >= 0.6 is 0 Å². The summed E-state index contributed by atoms with van der Waals surface area (Å²) in [7, 11) is 6.36. The van der Waals surface area contributed by atoms with Gasteiger partial charge in [-0.2, -0.15) is 0 Å². The number of likely N-dealkylation sites (tertiary alicyclic amines) is 1. The molecule has 1 saturated heterocycles. The monoisotopic (exact) mass is 412 g/mol. The van der Waals surface area contributed by atoms with Crippen molar-refractivity contribution < 1.29 is 28.6 Å². The minimum absolute atomic E-state index is 0.0657. The summed E-state index contributed by atoms with van der Waals surface area (Å²) in [5.74, 6) is 2.38. The fraction of sp³-hybridized carbons (Fsp3) is 0.375. The Bertz CT molecular complexity index is 891. The summed E-state index contributed by atoms with van der Waals surface area (Å²) in [6, 6.07) is 9.25. The van der Waals surface area contributed by atoms with Gasteiger partial charge in [-0.05, 0) is 42.0 Å². The molecule has 2 aromatic carbocycles. The maximum absolute atomic E-state index is 12.8. The molecule has 0 saturated carbocycles. The van der Waals surface area contributed by atoms with Gasteiger partial charge in [-0.1, -0.05) is 6.08 Å². The van der Waals surface area contributed by atoms with E-state index in [2.05, 4.69) is 0 Å². The first-order valence-corrected chi connectivity index (χ1v) is 10.1. The smallest absolute Gasteiger partial charge is 0.203 e. The number of quaternary nitrogens is 1. The second-order valence-corrected chi connectivity index (χ2v) is 7.32. The average Bonchev–Trinajstić information content (AvgIpc) is 3.29. The predicted octanol–water partition coefficient (Wildman–Crippen LogP) is 2.80. The van der Waals surface area contributed by atoms with Gasteiger partial charge in [-0.15, -0.1) is 0 Å². The highest BCUT2D eigenvalue weighted by Gasteiger charge is 2.19. The first-order valence-electron chi connectivity index (χ1n) is 10.1. The highest BCUT2D eigenvalue weighted by molar-refractivity contribution is 6.07. The molecule has 0 spiro atoms. The van der Waals surface area contributed by atoms with Gasteiger partial charge in [-0.25, -0.2) is 0 Å². The number of hydrogen-bond acceptors (Lipinski definition) is 5. The van der Waals surface area contributed by atoms with Gasteiger partial charge in [0.15, 0.2) is 17.3 Å². The van der Waals surface area contributed by atoms with E-state index >= 15 is 0 Å². The number of nitrogens with one attached hydrogen (secondary N) is 1. The van der Waals surface area contributed by atoms with Crippen molar-refractivity contribution in [3.8, 4) is 23.0 Å². The Morgan fingerprint density at radius 2 is 1.53 bits per heavy atom. The van der Waals surface area contributed by atoms with E-state index in [0.717, 1.165) is 23.4 Å². The zero-order valence-electron chi connectivity index (χ0n) is 18.1. The fourth-order valence-electron chi connectivity index (χ4n) is 3.86. The highest BCUT2D eigenvalue weighted by atomic mass is 16.5. The van der Waals surface area contributed by atoms with Crippen molar-refractivity contribution in [2.45, 2.75) is 19.4 Å². The van der Waals surface area contributed by atoms with Crippen LogP contribution in [0.1, 0.15) is 34.3 Å². The number of rotatable bonds is 9. The van der Waals surface area contributed by atoms with Crippen LogP contribution in [-0.4, -0.2) is 47.3 Å². The number of benzene rings is 2. The van der Waals surface area contributed by atoms with Crippen molar-refractivity contribution in [2.24, 2.45) is 0 Å². The van der Waals surface area contributed by atoms with Crippen LogP contribution in [0.4, 0.5) is 0 Å². The second-order valence-electron chi connectivity index (χ2n) is 7.32. The molecule has 0 bridgehead atoms. The van der Waals surface area contributed by atoms with E-state index in [4.69, 9.17) is 18.9 Å². The Hall–Kier alpha value is -2.99. The lowest BCUT2D eigenvalue weighted by Gasteiger charge is -2.15. The Morgan fingerprint density at radius 1 is 0.900 bits per heavy atom. The lowest BCUT2D eigenvalue weighted by Crippen LogP contribution is -3.08. The molecule has 0 unspecified atom stereocenters. The number of carbonyl (C=O) groups excluding carboxylic acids is 1. The van der Waals surface area contributed by atoms with Crippen LogP contribution in [0, 0.1) is 0 Å². The standard InChI is InChI=1S/C24H29NO5/c1-27-21-10-8-18(15-19(21)16-25-11-5-6-12-25)20(26)9-7-17-13-22(28-2)24(30-4)23(14-17)29-3/h7-10,13-15H,5-6,11-12,16H2,1-4H3/p+1/b9-7+. The van der Waals surface area contributed by atoms with Gasteiger partial charge in [-0.3, -0.25) is 4.79 Å². The minimum Gasteiger partial charge on any atom is -0.496 e. The summed E-state index contributed by atoms with van der Waals surface area (Å²) in [5.41, 5.74) is 2.50. The number of carbonyl (C=O) groups is 1. The minimum atomic E-state index is -0.0657. The van der Waals surface area contributed by atoms with Crippen LogP contribution < -0.4 is 23.8 Å². The molecular formula is C24H30NO5+. The van der Waals surface area contributed by atoms with Crippen LogP contribution in [0.2, 0.25) is 0 Å². The van der Waals surface area contributed by atoms with E-state index < -0.39 is 0 Å². The molecule has 0 atom stereocenters. The van der Waals surface area contributed by atoms with Gasteiger partial charge in [0.1, 0.15) is 12.3 Å². The highest BCUT2D eigenvalue weighted by Crippen LogP contribution is 2.38. The molecule has 0 aliphatic carbocycles. The number of ketones is 1. The summed E-state index contributed by atoms with van der Waals surface area (Å²) in [5, 5.41) is 0. The molecule has 30 heavy (non-hydrogen) atoms. The Balaban J connectivity index is 1.82. The van der Waals surface area contributed by atoms with E-state index in [1.807, 2.05) is 18.2 Å². The molecule has 1 aliphatic heterocycles. The molecule has 6 nitrogen and oxygen atoms in total. The summed E-state index contributed by atoms with van der Waals surface area (Å²) >= 11 is 0. The maximum Gasteiger partial charge on any atom is 0.203 e. The number of methoxy groups -OCH3 is 4. The van der Waals surface area contributed by atoms with Gasteiger partial charge in [0, 0.05) is 24.0 Å². The van der Waals surface area contributed by atoms with Gasteiger partial charge in [0.2, 0.25) is 5.75 Å². The summed E-state index contributed by atoms with van der Waals surface area (Å²) in [6.07, 6.45) is 5.83. The molecule has 3 rings (SSSR count). The van der Waals surface area contributed by atoms with Crippen molar-refractivity contribution in [3.05, 3.63) is 53.1 Å². The van der Waals surface area contributed by atoms with Crippen LogP contribution in [0.5, 0.6) is 23.0 Å². The largest absolute Gasteiger partial charge is 0.496 e. The molecule has 1 fully saturated rings. The third kappa shape index (κ3) is 4.94. The van der Waals surface area contributed by atoms with Crippen molar-refractivity contribution in [1.82, 2.24) is 0 Å². The topological polar surface area (TPSA) is 58.4 Å². The molecule has 1 N–H and O–H groups in total. The Labute approximate surface area is 178 Å². The van der Waals surface area contributed by atoms with Crippen molar-refractivity contribution in [1.29, 1.82) is 0 Å². The third-order valence-corrected chi connectivity index (χ3v) is 5.43. The SMILES string of the molecule is COc1ccc(C(=O)/C=C/c2cc(OC)c(OC)c(OC)c2)cc1C[NH+]1CCCC1. The predicted molar refractivity (Wildman–Crippen MR) is 116 cm³/mol. The van der Waals surface area contributed by atoms with Crippen molar-refractivity contribution in [3.63, 3.8) is 0 Å². The van der Waals surface area contributed by atoms with E-state index in [1.54, 1.807) is 52.7 Å². The van der Waals surface area contributed by atoms with Gasteiger partial charge >= 0.3 is 0 Å². The molecular weight excluding hydrogens is 382 g/mol. The molecule has 0 amide bonds. The van der Waals surface area contributed by atoms with Gasteiger partial charge in [0.05, 0.1) is 41.5 Å². The molecule has 2 aromatic rings. The van der Waals surface area contributed by atoms with E-state index in [0.29, 0.717) is 22.8 Å². The molecule has 0 radical (unpaired) electrons. The summed E-state index contributed by atoms with van der Waals surface area (Å²) in [4.78, 5) is 14.4. The van der Waals surface area contributed by atoms with E-state index in [-0.39, 0.29) is 5.78 Å². The van der Waals surface area contributed by atoms with Crippen LogP contribution in [0.25, 0.3) is 6.08 Å². The molecule has 160 valence electrons. The van der Waals surface area contributed by atoms with Crippen molar-refractivity contribution in [2.75, 3.05) is 41.5 Å². The summed E-state index contributed by atoms with van der Waals surface area (Å²) < 4.78 is 21.6. The van der Waals surface area contributed by atoms with Gasteiger partial charge in [0.25, 0.3) is 0 Å².